The van der Waals surface area contributed by atoms with Gasteiger partial charge >= 0.3 is 0 Å². The molecule has 0 N–H and O–H groups in total. The average molecular weight is 717 g/mol. The van der Waals surface area contributed by atoms with Crippen molar-refractivity contribution in [1.82, 2.24) is 19.1 Å². The van der Waals surface area contributed by atoms with Gasteiger partial charge in [0.15, 0.2) is 0 Å². The molecule has 0 bridgehead atoms. The van der Waals surface area contributed by atoms with E-state index in [0.29, 0.717) is 5.95 Å². The van der Waals surface area contributed by atoms with Crippen LogP contribution in [0, 0.1) is 0 Å². The van der Waals surface area contributed by atoms with E-state index in [-0.39, 0.29) is 0 Å². The van der Waals surface area contributed by atoms with E-state index in [4.69, 9.17) is 9.97 Å². The highest BCUT2D eigenvalue weighted by Gasteiger charge is 2.26. The van der Waals surface area contributed by atoms with Crippen molar-refractivity contribution in [3.05, 3.63) is 170 Å². The molecule has 0 spiro atoms. The summed E-state index contributed by atoms with van der Waals surface area (Å²) in [6, 6.07) is 61.5. The lowest BCUT2D eigenvalue weighted by Crippen LogP contribution is -2.02. The normalized spacial score (nSPS) is 12.4. The summed E-state index contributed by atoms with van der Waals surface area (Å²) >= 11 is 1.73. The van der Waals surface area contributed by atoms with E-state index >= 15 is 0 Å². The SMILES string of the molecule is c1ccc(-c2nc(-n3c4ccccc4c4c5c6ccccc6n(-c6ccc7c8c(cccc68)-c6ccccc6-7)c5ccc43)nc3sc4ccccc4c23)cc1. The van der Waals surface area contributed by atoms with Crippen LogP contribution < -0.4 is 0 Å². The van der Waals surface area contributed by atoms with Crippen molar-refractivity contribution in [2.75, 3.05) is 0 Å². The number of benzene rings is 8. The Morgan fingerprint density at radius 1 is 0.364 bits per heavy atom. The first-order valence-corrected chi connectivity index (χ1v) is 19.5. The van der Waals surface area contributed by atoms with Gasteiger partial charge in [0.2, 0.25) is 5.95 Å². The molecule has 4 nitrogen and oxygen atoms in total. The molecule has 0 amide bonds. The second-order valence-electron chi connectivity index (χ2n) is 14.5. The third kappa shape index (κ3) is 3.84. The molecule has 0 fully saturated rings. The van der Waals surface area contributed by atoms with Gasteiger partial charge in [-0.05, 0) is 64.0 Å². The van der Waals surface area contributed by atoms with Crippen LogP contribution in [0.25, 0.3) is 120 Å². The zero-order valence-corrected chi connectivity index (χ0v) is 30.2. The maximum absolute atomic E-state index is 5.46. The highest BCUT2D eigenvalue weighted by atomic mass is 32.1. The number of rotatable bonds is 3. The Hall–Kier alpha value is -7.08. The summed E-state index contributed by atoms with van der Waals surface area (Å²) in [5.74, 6) is 0.680. The summed E-state index contributed by atoms with van der Waals surface area (Å²) in [7, 11) is 0. The molecule has 0 saturated carbocycles. The molecule has 0 unspecified atom stereocenters. The Morgan fingerprint density at radius 2 is 0.945 bits per heavy atom. The topological polar surface area (TPSA) is 35.6 Å². The molecular formula is C50H28N4S. The van der Waals surface area contributed by atoms with Gasteiger partial charge in [0.05, 0.1) is 33.4 Å². The maximum atomic E-state index is 5.46. The maximum Gasteiger partial charge on any atom is 0.236 e. The van der Waals surface area contributed by atoms with Gasteiger partial charge in [-0.2, -0.15) is 0 Å². The van der Waals surface area contributed by atoms with Crippen LogP contribution in [-0.4, -0.2) is 19.1 Å². The second kappa shape index (κ2) is 10.8. The number of aromatic nitrogens is 4. The molecule has 12 aromatic rings. The van der Waals surface area contributed by atoms with Crippen LogP contribution in [0.2, 0.25) is 0 Å². The van der Waals surface area contributed by atoms with Crippen molar-refractivity contribution >= 4 is 86.0 Å². The molecule has 1 aliphatic carbocycles. The first-order chi connectivity index (χ1) is 27.3. The van der Waals surface area contributed by atoms with Crippen LogP contribution in [-0.2, 0) is 0 Å². The van der Waals surface area contributed by atoms with E-state index in [1.165, 1.54) is 81.4 Å². The fourth-order valence-corrected chi connectivity index (χ4v) is 10.6. The minimum Gasteiger partial charge on any atom is -0.309 e. The summed E-state index contributed by atoms with van der Waals surface area (Å²) in [6.45, 7) is 0. The Labute approximate surface area is 318 Å². The van der Waals surface area contributed by atoms with Crippen molar-refractivity contribution < 1.29 is 0 Å². The average Bonchev–Trinajstić information content (AvgIpc) is 3.98. The van der Waals surface area contributed by atoms with E-state index in [1.807, 2.05) is 0 Å². The Bertz CT molecular complexity index is 3580. The Balaban J connectivity index is 1.14. The van der Waals surface area contributed by atoms with E-state index in [2.05, 4.69) is 179 Å². The fraction of sp³-hybridized carbons (Fsp3) is 0. The summed E-state index contributed by atoms with van der Waals surface area (Å²) in [4.78, 5) is 11.8. The van der Waals surface area contributed by atoms with Gasteiger partial charge in [-0.1, -0.05) is 133 Å². The highest BCUT2D eigenvalue weighted by molar-refractivity contribution is 7.25. The van der Waals surface area contributed by atoms with Crippen LogP contribution in [0.1, 0.15) is 0 Å². The molecule has 0 saturated heterocycles. The lowest BCUT2D eigenvalue weighted by molar-refractivity contribution is 1.02. The van der Waals surface area contributed by atoms with Crippen LogP contribution in [0.4, 0.5) is 0 Å². The van der Waals surface area contributed by atoms with Crippen LogP contribution >= 0.6 is 11.3 Å². The van der Waals surface area contributed by atoms with Crippen molar-refractivity contribution in [2.24, 2.45) is 0 Å². The largest absolute Gasteiger partial charge is 0.309 e. The summed E-state index contributed by atoms with van der Waals surface area (Å²) in [5, 5.41) is 9.74. The molecule has 1 aliphatic rings. The molecule has 55 heavy (non-hydrogen) atoms. The van der Waals surface area contributed by atoms with Crippen molar-refractivity contribution in [3.63, 3.8) is 0 Å². The zero-order valence-electron chi connectivity index (χ0n) is 29.4. The molecular weight excluding hydrogens is 689 g/mol. The first kappa shape index (κ1) is 29.4. The van der Waals surface area contributed by atoms with Gasteiger partial charge < -0.3 is 4.57 Å². The van der Waals surface area contributed by atoms with Crippen LogP contribution in [0.3, 0.4) is 0 Å². The number of fused-ring (bicyclic) bond motifs is 13. The van der Waals surface area contributed by atoms with E-state index in [1.54, 1.807) is 11.3 Å². The van der Waals surface area contributed by atoms with Crippen LogP contribution in [0.5, 0.6) is 0 Å². The zero-order chi connectivity index (χ0) is 35.8. The fourth-order valence-electron chi connectivity index (χ4n) is 9.50. The molecule has 0 radical (unpaired) electrons. The summed E-state index contributed by atoms with van der Waals surface area (Å²) < 4.78 is 5.97. The molecule has 13 rings (SSSR count). The quantitative estimate of drug-likeness (QED) is 0.182. The third-order valence-electron chi connectivity index (χ3n) is 11.7. The number of para-hydroxylation sites is 2. The Kier molecular flexibility index (Phi) is 5.74. The van der Waals surface area contributed by atoms with Gasteiger partial charge in [0.25, 0.3) is 0 Å². The Morgan fingerprint density at radius 3 is 1.71 bits per heavy atom. The van der Waals surface area contributed by atoms with Gasteiger partial charge in [0.1, 0.15) is 4.83 Å². The number of hydrogen-bond donors (Lipinski definition) is 0. The minimum atomic E-state index is 0.680. The van der Waals surface area contributed by atoms with E-state index in [9.17, 15) is 0 Å². The predicted octanol–water partition coefficient (Wildman–Crippen LogP) is 13.5. The van der Waals surface area contributed by atoms with Gasteiger partial charge in [0, 0.05) is 48.0 Å². The van der Waals surface area contributed by atoms with E-state index in [0.717, 1.165) is 32.5 Å². The first-order valence-electron chi connectivity index (χ1n) is 18.7. The lowest BCUT2D eigenvalue weighted by Gasteiger charge is -2.13. The smallest absolute Gasteiger partial charge is 0.236 e. The van der Waals surface area contributed by atoms with Crippen molar-refractivity contribution in [3.8, 4) is 45.1 Å². The van der Waals surface area contributed by atoms with Gasteiger partial charge in [-0.25, -0.2) is 9.97 Å². The number of hydrogen-bond acceptors (Lipinski definition) is 3. The van der Waals surface area contributed by atoms with Crippen molar-refractivity contribution in [1.29, 1.82) is 0 Å². The molecule has 0 atom stereocenters. The van der Waals surface area contributed by atoms with Gasteiger partial charge in [-0.3, -0.25) is 4.57 Å². The summed E-state index contributed by atoms with van der Waals surface area (Å²) in [6.07, 6.45) is 0. The molecule has 254 valence electrons. The van der Waals surface area contributed by atoms with E-state index < -0.39 is 0 Å². The molecule has 4 heterocycles. The predicted molar refractivity (Wildman–Crippen MR) is 231 cm³/mol. The third-order valence-corrected chi connectivity index (χ3v) is 12.8. The molecule has 4 aromatic heterocycles. The van der Waals surface area contributed by atoms with Gasteiger partial charge in [-0.15, -0.1) is 11.3 Å². The standard InChI is InChI=1S/C50H28N4S/c1-2-13-29(14-3-1)48-47-37-19-8-11-24-43(37)55-49(47)52-50(51-48)54-39-23-10-7-18-36(39)46-42(54)28-27-41-45(46)35-17-6-9-22-38(35)53(41)40-26-25-33-31-16-5-4-15-30(31)32-20-12-21-34(40)44(32)33/h1-28H. The number of nitrogens with zero attached hydrogens (tertiary/aromatic N) is 4. The van der Waals surface area contributed by atoms with Crippen molar-refractivity contribution in [2.45, 2.75) is 0 Å². The minimum absolute atomic E-state index is 0.680. The molecule has 8 aromatic carbocycles. The highest BCUT2D eigenvalue weighted by Crippen LogP contribution is 2.50. The monoisotopic (exact) mass is 716 g/mol. The summed E-state index contributed by atoms with van der Waals surface area (Å²) in [5.41, 5.74) is 13.0. The molecule has 5 heteroatoms. The van der Waals surface area contributed by atoms with Crippen LogP contribution in [0.15, 0.2) is 170 Å². The molecule has 0 aliphatic heterocycles. The lowest BCUT2D eigenvalue weighted by atomic mass is 10.0. The number of thiophene rings is 1. The second-order valence-corrected chi connectivity index (χ2v) is 15.5.